The van der Waals surface area contributed by atoms with Crippen molar-refractivity contribution in [2.24, 2.45) is 5.92 Å². The smallest absolute Gasteiger partial charge is 0.262 e. The predicted molar refractivity (Wildman–Crippen MR) is 63.4 cm³/mol. The molecule has 0 aliphatic heterocycles. The Labute approximate surface area is 102 Å². The molecule has 0 atom stereocenters. The van der Waals surface area contributed by atoms with Crippen molar-refractivity contribution >= 4 is 11.8 Å². The fourth-order valence-electron chi connectivity index (χ4n) is 2.29. The predicted octanol–water partition coefficient (Wildman–Crippen LogP) is 1.31. The minimum absolute atomic E-state index is 0.0262. The molecule has 0 saturated heterocycles. The molecule has 5 heteroatoms. The highest BCUT2D eigenvalue weighted by atomic mass is 16.5. The van der Waals surface area contributed by atoms with E-state index >= 15 is 0 Å². The number of rotatable bonds is 4. The van der Waals surface area contributed by atoms with Crippen molar-refractivity contribution in [1.29, 1.82) is 0 Å². The molecule has 0 aromatic rings. The Bertz CT molecular complexity index is 273. The first-order valence-electron chi connectivity index (χ1n) is 6.29. The van der Waals surface area contributed by atoms with Crippen LogP contribution in [0, 0.1) is 5.92 Å². The van der Waals surface area contributed by atoms with Crippen LogP contribution in [0.25, 0.3) is 0 Å². The summed E-state index contributed by atoms with van der Waals surface area (Å²) in [6.07, 6.45) is 5.22. The summed E-state index contributed by atoms with van der Waals surface area (Å²) in [4.78, 5) is 25.0. The molecule has 5 nitrogen and oxygen atoms in total. The van der Waals surface area contributed by atoms with Crippen LogP contribution in [0.15, 0.2) is 0 Å². The molecular formula is C12H22N2O3. The van der Waals surface area contributed by atoms with Crippen molar-refractivity contribution < 1.29 is 14.8 Å². The quantitative estimate of drug-likeness (QED) is 0.577. The monoisotopic (exact) mass is 242 g/mol. The van der Waals surface area contributed by atoms with Crippen LogP contribution >= 0.6 is 0 Å². The van der Waals surface area contributed by atoms with E-state index in [4.69, 9.17) is 5.21 Å². The van der Waals surface area contributed by atoms with Crippen LogP contribution in [0.1, 0.15) is 46.0 Å². The average Bonchev–Trinajstić information content (AvgIpc) is 2.35. The zero-order chi connectivity index (χ0) is 12.8. The van der Waals surface area contributed by atoms with Crippen LogP contribution in [0.4, 0.5) is 0 Å². The Balaban J connectivity index is 2.62. The molecule has 0 radical (unpaired) electrons. The second kappa shape index (κ2) is 6.59. The van der Waals surface area contributed by atoms with Crippen LogP contribution < -0.4 is 5.48 Å². The van der Waals surface area contributed by atoms with E-state index in [-0.39, 0.29) is 24.4 Å². The maximum atomic E-state index is 12.3. The van der Waals surface area contributed by atoms with Gasteiger partial charge in [0.2, 0.25) is 5.91 Å². The van der Waals surface area contributed by atoms with Gasteiger partial charge in [0.1, 0.15) is 6.54 Å². The second-order valence-corrected chi connectivity index (χ2v) is 4.93. The minimum Gasteiger partial charge on any atom is -0.331 e. The van der Waals surface area contributed by atoms with E-state index < -0.39 is 5.91 Å². The number of hydrogen-bond acceptors (Lipinski definition) is 3. The first kappa shape index (κ1) is 14.0. The molecule has 17 heavy (non-hydrogen) atoms. The maximum Gasteiger partial charge on any atom is 0.262 e. The number of nitrogens with one attached hydrogen (secondary N) is 1. The third-order valence-electron chi connectivity index (χ3n) is 3.30. The lowest BCUT2D eigenvalue weighted by Crippen LogP contribution is -2.46. The molecule has 0 unspecified atom stereocenters. The molecule has 1 rings (SSSR count). The van der Waals surface area contributed by atoms with Crippen LogP contribution in [-0.2, 0) is 9.59 Å². The number of hydrogen-bond donors (Lipinski definition) is 2. The molecule has 2 amide bonds. The lowest BCUT2D eigenvalue weighted by atomic mass is 9.88. The van der Waals surface area contributed by atoms with Crippen molar-refractivity contribution in [1.82, 2.24) is 10.4 Å². The summed E-state index contributed by atoms with van der Waals surface area (Å²) in [6, 6.07) is -0.0262. The van der Waals surface area contributed by atoms with Crippen LogP contribution in [0.3, 0.4) is 0 Å². The summed E-state index contributed by atoms with van der Waals surface area (Å²) < 4.78 is 0. The molecule has 0 aromatic carbocycles. The van der Waals surface area contributed by atoms with Crippen molar-refractivity contribution in [3.8, 4) is 0 Å². The van der Waals surface area contributed by atoms with Gasteiger partial charge < -0.3 is 4.90 Å². The molecule has 2 N–H and O–H groups in total. The van der Waals surface area contributed by atoms with Crippen molar-refractivity contribution in [3.05, 3.63) is 0 Å². The Kier molecular flexibility index (Phi) is 5.41. The summed E-state index contributed by atoms with van der Waals surface area (Å²) in [5.74, 6) is -0.441. The van der Waals surface area contributed by atoms with Gasteiger partial charge in [-0.3, -0.25) is 14.8 Å². The molecular weight excluding hydrogens is 220 g/mol. The van der Waals surface area contributed by atoms with Crippen LogP contribution in [-0.4, -0.2) is 34.5 Å². The Morgan fingerprint density at radius 3 is 2.35 bits per heavy atom. The van der Waals surface area contributed by atoms with Crippen molar-refractivity contribution in [3.63, 3.8) is 0 Å². The average molecular weight is 242 g/mol. The molecule has 0 heterocycles. The Morgan fingerprint density at radius 2 is 1.88 bits per heavy atom. The minimum atomic E-state index is -0.539. The number of amides is 2. The van der Waals surface area contributed by atoms with Gasteiger partial charge >= 0.3 is 0 Å². The third-order valence-corrected chi connectivity index (χ3v) is 3.30. The summed E-state index contributed by atoms with van der Waals surface area (Å²) in [7, 11) is 0. The standard InChI is InChI=1S/C12H22N2O3/c1-9(2)14(8-11(15)13-17)12(16)10-6-4-3-5-7-10/h9-10,17H,3-8H2,1-2H3,(H,13,15). The normalized spacial score (nSPS) is 16.9. The lowest BCUT2D eigenvalue weighted by molar-refractivity contribution is -0.144. The summed E-state index contributed by atoms with van der Waals surface area (Å²) >= 11 is 0. The highest BCUT2D eigenvalue weighted by molar-refractivity contribution is 5.85. The number of nitrogens with zero attached hydrogens (tertiary/aromatic N) is 1. The first-order chi connectivity index (χ1) is 8.06. The number of hydroxylamine groups is 1. The Morgan fingerprint density at radius 1 is 1.29 bits per heavy atom. The van der Waals surface area contributed by atoms with Gasteiger partial charge in [-0.2, -0.15) is 0 Å². The highest BCUT2D eigenvalue weighted by Crippen LogP contribution is 2.25. The molecule has 1 fully saturated rings. The van der Waals surface area contributed by atoms with Gasteiger partial charge in [0.25, 0.3) is 5.91 Å². The van der Waals surface area contributed by atoms with Crippen molar-refractivity contribution in [2.75, 3.05) is 6.54 Å². The van der Waals surface area contributed by atoms with Gasteiger partial charge in [-0.25, -0.2) is 5.48 Å². The maximum absolute atomic E-state index is 12.3. The van der Waals surface area contributed by atoms with Gasteiger partial charge in [-0.1, -0.05) is 19.3 Å². The van der Waals surface area contributed by atoms with E-state index in [1.807, 2.05) is 13.8 Å². The lowest BCUT2D eigenvalue weighted by Gasteiger charge is -2.31. The molecule has 1 saturated carbocycles. The van der Waals surface area contributed by atoms with Gasteiger partial charge in [-0.05, 0) is 26.7 Å². The Hall–Kier alpha value is -1.10. The van der Waals surface area contributed by atoms with E-state index in [9.17, 15) is 9.59 Å². The topological polar surface area (TPSA) is 69.6 Å². The highest BCUT2D eigenvalue weighted by Gasteiger charge is 2.28. The van der Waals surface area contributed by atoms with Gasteiger partial charge in [0.15, 0.2) is 0 Å². The van der Waals surface area contributed by atoms with Gasteiger partial charge in [0, 0.05) is 12.0 Å². The zero-order valence-electron chi connectivity index (χ0n) is 10.6. The largest absolute Gasteiger partial charge is 0.331 e. The first-order valence-corrected chi connectivity index (χ1v) is 6.29. The third kappa shape index (κ3) is 4.00. The fourth-order valence-corrected chi connectivity index (χ4v) is 2.29. The van der Waals surface area contributed by atoms with E-state index in [2.05, 4.69) is 0 Å². The zero-order valence-corrected chi connectivity index (χ0v) is 10.6. The van der Waals surface area contributed by atoms with Crippen LogP contribution in [0.5, 0.6) is 0 Å². The van der Waals surface area contributed by atoms with E-state index in [0.717, 1.165) is 25.7 Å². The number of carbonyl (C=O) groups is 2. The van der Waals surface area contributed by atoms with Gasteiger partial charge in [-0.15, -0.1) is 0 Å². The molecule has 0 aromatic heterocycles. The van der Waals surface area contributed by atoms with E-state index in [1.54, 1.807) is 10.4 Å². The summed E-state index contributed by atoms with van der Waals surface area (Å²) in [6.45, 7) is 3.69. The number of carbonyl (C=O) groups excluding carboxylic acids is 2. The van der Waals surface area contributed by atoms with Crippen molar-refractivity contribution in [2.45, 2.75) is 52.0 Å². The SMILES string of the molecule is CC(C)N(CC(=O)NO)C(=O)C1CCCCC1. The fraction of sp³-hybridized carbons (Fsp3) is 0.833. The van der Waals surface area contributed by atoms with Crippen LogP contribution in [0.2, 0.25) is 0 Å². The summed E-state index contributed by atoms with van der Waals surface area (Å²) in [5, 5.41) is 8.52. The molecule has 1 aliphatic carbocycles. The van der Waals surface area contributed by atoms with E-state index in [1.165, 1.54) is 6.42 Å². The molecule has 0 spiro atoms. The molecule has 0 bridgehead atoms. The second-order valence-electron chi connectivity index (χ2n) is 4.93. The van der Waals surface area contributed by atoms with Gasteiger partial charge in [0.05, 0.1) is 0 Å². The summed E-state index contributed by atoms with van der Waals surface area (Å²) in [5.41, 5.74) is 1.58. The van der Waals surface area contributed by atoms with E-state index in [0.29, 0.717) is 0 Å². The molecule has 1 aliphatic rings. The molecule has 98 valence electrons.